The first-order valence-electron chi connectivity index (χ1n) is 11.8. The number of nitrogens with zero attached hydrogens (tertiary/aromatic N) is 5. The van der Waals surface area contributed by atoms with Crippen molar-refractivity contribution >= 4 is 29.1 Å². The summed E-state index contributed by atoms with van der Waals surface area (Å²) in [7, 11) is 0. The van der Waals surface area contributed by atoms with Crippen LogP contribution in [0.15, 0.2) is 41.3 Å². The van der Waals surface area contributed by atoms with Crippen LogP contribution in [0.3, 0.4) is 0 Å². The number of hydrogen-bond acceptors (Lipinski definition) is 5. The number of carbonyl (C=O) groups excluding carboxylic acids is 2. The van der Waals surface area contributed by atoms with Gasteiger partial charge in [-0.1, -0.05) is 50.6 Å². The number of piperidine rings is 1. The van der Waals surface area contributed by atoms with Gasteiger partial charge in [-0.05, 0) is 25.0 Å². The number of aromatic nitrogens is 2. The first-order valence-corrected chi connectivity index (χ1v) is 12.2. The van der Waals surface area contributed by atoms with Gasteiger partial charge in [-0.3, -0.25) is 14.4 Å². The minimum atomic E-state index is -0.446. The largest absolute Gasteiger partial charge is 0.365 e. The molecule has 4 rings (SSSR count). The van der Waals surface area contributed by atoms with Crippen LogP contribution in [0.4, 0.5) is 5.69 Å². The summed E-state index contributed by atoms with van der Waals surface area (Å²) in [4.78, 5) is 44.4. The zero-order valence-corrected chi connectivity index (χ0v) is 20.8. The Morgan fingerprint density at radius 3 is 2.32 bits per heavy atom. The van der Waals surface area contributed by atoms with E-state index < -0.39 is 5.41 Å². The van der Waals surface area contributed by atoms with Gasteiger partial charge in [0, 0.05) is 44.7 Å². The maximum atomic E-state index is 13.2. The van der Waals surface area contributed by atoms with Crippen LogP contribution in [0, 0.1) is 11.3 Å². The van der Waals surface area contributed by atoms with Crippen molar-refractivity contribution in [3.63, 3.8) is 0 Å². The number of benzene rings is 1. The van der Waals surface area contributed by atoms with Gasteiger partial charge in [-0.2, -0.15) is 9.78 Å². The van der Waals surface area contributed by atoms with E-state index in [0.717, 1.165) is 12.8 Å². The van der Waals surface area contributed by atoms with Gasteiger partial charge in [-0.15, -0.1) is 0 Å². The molecule has 1 aromatic carbocycles. The molecule has 2 aromatic rings. The van der Waals surface area contributed by atoms with Gasteiger partial charge >= 0.3 is 0 Å². The van der Waals surface area contributed by atoms with Crippen LogP contribution < -0.4 is 10.5 Å². The quantitative estimate of drug-likeness (QED) is 0.668. The van der Waals surface area contributed by atoms with Crippen LogP contribution in [0.1, 0.15) is 33.6 Å². The molecule has 0 spiro atoms. The molecule has 2 aliphatic rings. The summed E-state index contributed by atoms with van der Waals surface area (Å²) < 4.78 is 1.29. The molecule has 2 amide bonds. The van der Waals surface area contributed by atoms with Crippen molar-refractivity contribution in [3.8, 4) is 5.69 Å². The summed E-state index contributed by atoms with van der Waals surface area (Å²) in [5.41, 5.74) is 0.432. The molecular weight excluding hydrogens is 454 g/mol. The predicted molar refractivity (Wildman–Crippen MR) is 132 cm³/mol. The van der Waals surface area contributed by atoms with Crippen LogP contribution >= 0.6 is 11.6 Å². The van der Waals surface area contributed by atoms with E-state index in [0.29, 0.717) is 50.6 Å². The Labute approximate surface area is 205 Å². The van der Waals surface area contributed by atoms with E-state index in [4.69, 9.17) is 11.6 Å². The van der Waals surface area contributed by atoms with E-state index >= 15 is 0 Å². The highest BCUT2D eigenvalue weighted by Crippen LogP contribution is 2.27. The molecule has 1 aromatic heterocycles. The second kappa shape index (κ2) is 9.78. The highest BCUT2D eigenvalue weighted by atomic mass is 35.5. The molecule has 0 aliphatic carbocycles. The SMILES string of the molecule is CC(C)(C)C(=O)N1CCCC(C(=O)N2CCN(c3cnn(-c4ccccc4)c(=O)c3Cl)CC2)C1. The second-order valence-corrected chi connectivity index (χ2v) is 10.4. The van der Waals surface area contributed by atoms with Gasteiger partial charge in [0.1, 0.15) is 5.02 Å². The Bertz CT molecular complexity index is 1100. The summed E-state index contributed by atoms with van der Waals surface area (Å²) in [6, 6.07) is 9.16. The third kappa shape index (κ3) is 4.97. The van der Waals surface area contributed by atoms with Gasteiger partial charge in [0.2, 0.25) is 11.8 Å². The number of amides is 2. The topological polar surface area (TPSA) is 78.8 Å². The summed E-state index contributed by atoms with van der Waals surface area (Å²) in [5, 5.41) is 4.44. The van der Waals surface area contributed by atoms with E-state index in [1.807, 2.05) is 53.7 Å². The predicted octanol–water partition coefficient (Wildman–Crippen LogP) is 2.82. The molecule has 34 heavy (non-hydrogen) atoms. The van der Waals surface area contributed by atoms with Crippen LogP contribution in [0.2, 0.25) is 5.02 Å². The number of likely N-dealkylation sites (tertiary alicyclic amines) is 1. The molecule has 0 saturated carbocycles. The average Bonchev–Trinajstić information content (AvgIpc) is 2.85. The molecule has 0 bridgehead atoms. The molecule has 0 radical (unpaired) electrons. The lowest BCUT2D eigenvalue weighted by Gasteiger charge is -2.40. The molecular formula is C25H32ClN5O3. The van der Waals surface area contributed by atoms with E-state index in [1.165, 1.54) is 4.68 Å². The Morgan fingerprint density at radius 2 is 1.68 bits per heavy atom. The van der Waals surface area contributed by atoms with E-state index in [2.05, 4.69) is 5.10 Å². The van der Waals surface area contributed by atoms with Gasteiger partial charge < -0.3 is 14.7 Å². The van der Waals surface area contributed by atoms with E-state index in [-0.39, 0.29) is 28.3 Å². The van der Waals surface area contributed by atoms with Crippen molar-refractivity contribution < 1.29 is 9.59 Å². The number of carbonyl (C=O) groups is 2. The summed E-state index contributed by atoms with van der Waals surface area (Å²) in [6.07, 6.45) is 3.27. The van der Waals surface area contributed by atoms with Crippen LogP contribution in [0.5, 0.6) is 0 Å². The first-order chi connectivity index (χ1) is 16.2. The van der Waals surface area contributed by atoms with Gasteiger partial charge in [-0.25, -0.2) is 0 Å². The number of piperazine rings is 1. The lowest BCUT2D eigenvalue weighted by atomic mass is 9.90. The van der Waals surface area contributed by atoms with E-state index in [1.54, 1.807) is 18.3 Å². The molecule has 2 aliphatic heterocycles. The van der Waals surface area contributed by atoms with Crippen molar-refractivity contribution in [2.75, 3.05) is 44.2 Å². The fraction of sp³-hybridized carbons (Fsp3) is 0.520. The lowest BCUT2D eigenvalue weighted by Crippen LogP contribution is -2.54. The zero-order valence-electron chi connectivity index (χ0n) is 20.0. The lowest BCUT2D eigenvalue weighted by molar-refractivity contribution is -0.145. The van der Waals surface area contributed by atoms with Crippen molar-refractivity contribution in [2.45, 2.75) is 33.6 Å². The summed E-state index contributed by atoms with van der Waals surface area (Å²) in [5.74, 6) is 0.0450. The molecule has 1 unspecified atom stereocenters. The third-order valence-corrected chi connectivity index (χ3v) is 6.89. The number of anilines is 1. The molecule has 2 saturated heterocycles. The second-order valence-electron chi connectivity index (χ2n) is 10.0. The zero-order chi connectivity index (χ0) is 24.5. The van der Waals surface area contributed by atoms with Gasteiger partial charge in [0.25, 0.3) is 5.56 Å². The number of para-hydroxylation sites is 1. The molecule has 1 atom stereocenters. The van der Waals surface area contributed by atoms with Crippen LogP contribution in [-0.4, -0.2) is 70.7 Å². The van der Waals surface area contributed by atoms with Crippen molar-refractivity contribution in [1.29, 1.82) is 0 Å². The summed E-state index contributed by atoms with van der Waals surface area (Å²) >= 11 is 6.45. The normalized spacial score (nSPS) is 19.3. The average molecular weight is 486 g/mol. The molecule has 8 nitrogen and oxygen atoms in total. The Morgan fingerprint density at radius 1 is 1.00 bits per heavy atom. The maximum Gasteiger partial charge on any atom is 0.292 e. The standard InChI is InChI=1S/C25H32ClN5O3/c1-25(2,3)24(34)30-11-7-8-18(17-30)22(32)29-14-12-28(13-15-29)20-16-27-31(23(33)21(20)26)19-9-5-4-6-10-19/h4-6,9-10,16,18H,7-8,11-15,17H2,1-3H3. The molecule has 0 N–H and O–H groups in total. The Kier molecular flexibility index (Phi) is 6.98. The van der Waals surface area contributed by atoms with Crippen molar-refractivity contribution in [1.82, 2.24) is 19.6 Å². The fourth-order valence-corrected chi connectivity index (χ4v) is 4.91. The van der Waals surface area contributed by atoms with E-state index in [9.17, 15) is 14.4 Å². The Balaban J connectivity index is 1.40. The molecule has 2 fully saturated rings. The number of rotatable bonds is 3. The smallest absolute Gasteiger partial charge is 0.292 e. The minimum Gasteiger partial charge on any atom is -0.365 e. The minimum absolute atomic E-state index is 0.0993. The van der Waals surface area contributed by atoms with Crippen molar-refractivity contribution in [2.24, 2.45) is 11.3 Å². The summed E-state index contributed by atoms with van der Waals surface area (Å²) in [6.45, 7) is 9.17. The Hall–Kier alpha value is -2.87. The van der Waals surface area contributed by atoms with Gasteiger partial charge in [0.15, 0.2) is 0 Å². The molecule has 9 heteroatoms. The monoisotopic (exact) mass is 485 g/mol. The fourth-order valence-electron chi connectivity index (χ4n) is 4.66. The highest BCUT2D eigenvalue weighted by Gasteiger charge is 2.36. The number of hydrogen-bond donors (Lipinski definition) is 0. The first kappa shape index (κ1) is 24.3. The van der Waals surface area contributed by atoms with Gasteiger partial charge in [0.05, 0.1) is 23.5 Å². The van der Waals surface area contributed by atoms with Crippen molar-refractivity contribution in [3.05, 3.63) is 51.9 Å². The highest BCUT2D eigenvalue weighted by molar-refractivity contribution is 6.33. The van der Waals surface area contributed by atoms with Crippen LogP contribution in [-0.2, 0) is 9.59 Å². The number of halogens is 1. The molecule has 3 heterocycles. The third-order valence-electron chi connectivity index (χ3n) is 6.53. The molecule has 182 valence electrons. The maximum absolute atomic E-state index is 13.2. The van der Waals surface area contributed by atoms with Crippen LogP contribution in [0.25, 0.3) is 5.69 Å².